The fourth-order valence-electron chi connectivity index (χ4n) is 3.47. The second kappa shape index (κ2) is 7.90. The van der Waals surface area contributed by atoms with Gasteiger partial charge in [0.25, 0.3) is 0 Å². The molecule has 21 heavy (non-hydrogen) atoms. The lowest BCUT2D eigenvalue weighted by atomic mass is 9.81. The van der Waals surface area contributed by atoms with E-state index in [2.05, 4.69) is 13.8 Å². The first-order valence-corrected chi connectivity index (χ1v) is 9.98. The Morgan fingerprint density at radius 3 is 2.43 bits per heavy atom. The fourth-order valence-corrected chi connectivity index (χ4v) is 4.41. The molecule has 1 fully saturated rings. The van der Waals surface area contributed by atoms with Crippen molar-refractivity contribution in [1.29, 1.82) is 0 Å². The predicted octanol–water partition coefficient (Wildman–Crippen LogP) is 1.97. The molecular formula is C15H32N2O3S. The molecule has 1 rings (SSSR count). The zero-order valence-electron chi connectivity index (χ0n) is 14.0. The first-order chi connectivity index (χ1) is 9.79. The lowest BCUT2D eigenvalue weighted by Gasteiger charge is -2.40. The van der Waals surface area contributed by atoms with Crippen molar-refractivity contribution in [1.82, 2.24) is 4.31 Å². The summed E-state index contributed by atoms with van der Waals surface area (Å²) < 4.78 is 31.0. The van der Waals surface area contributed by atoms with E-state index in [0.29, 0.717) is 25.6 Å². The van der Waals surface area contributed by atoms with Gasteiger partial charge in [-0.15, -0.1) is 0 Å². The fraction of sp³-hybridized carbons (Fsp3) is 1.00. The lowest BCUT2D eigenvalue weighted by molar-refractivity contribution is -0.0689. The molecule has 0 amide bonds. The van der Waals surface area contributed by atoms with E-state index in [-0.39, 0.29) is 11.6 Å². The van der Waals surface area contributed by atoms with Gasteiger partial charge in [0.05, 0.1) is 11.9 Å². The largest absolute Gasteiger partial charge is 0.374 e. The number of rotatable bonds is 8. The Labute approximate surface area is 130 Å². The zero-order chi connectivity index (χ0) is 16.1. The quantitative estimate of drug-likeness (QED) is 0.742. The van der Waals surface area contributed by atoms with Crippen molar-refractivity contribution in [2.45, 2.75) is 64.5 Å². The molecule has 1 aliphatic rings. The summed E-state index contributed by atoms with van der Waals surface area (Å²) in [7, 11) is -3.09. The van der Waals surface area contributed by atoms with E-state index < -0.39 is 10.0 Å². The number of piperidine rings is 1. The van der Waals surface area contributed by atoms with Crippen LogP contribution in [0.4, 0.5) is 0 Å². The topological polar surface area (TPSA) is 72.6 Å². The molecule has 0 aromatic heterocycles. The van der Waals surface area contributed by atoms with Crippen LogP contribution in [0.5, 0.6) is 0 Å². The van der Waals surface area contributed by atoms with Gasteiger partial charge in [0.2, 0.25) is 10.0 Å². The average molecular weight is 320 g/mol. The van der Waals surface area contributed by atoms with Crippen LogP contribution in [-0.4, -0.2) is 50.3 Å². The van der Waals surface area contributed by atoms with E-state index in [0.717, 1.165) is 32.1 Å². The Kier molecular flexibility index (Phi) is 7.10. The van der Waals surface area contributed by atoms with Crippen molar-refractivity contribution in [3.8, 4) is 0 Å². The molecule has 1 heterocycles. The van der Waals surface area contributed by atoms with Gasteiger partial charge < -0.3 is 10.5 Å². The molecule has 126 valence electrons. The van der Waals surface area contributed by atoms with E-state index in [1.54, 1.807) is 4.31 Å². The van der Waals surface area contributed by atoms with Crippen LogP contribution >= 0.6 is 0 Å². The Morgan fingerprint density at radius 1 is 1.33 bits per heavy atom. The summed E-state index contributed by atoms with van der Waals surface area (Å²) in [4.78, 5) is 0. The van der Waals surface area contributed by atoms with Crippen molar-refractivity contribution in [2.75, 3.05) is 26.0 Å². The third-order valence-electron chi connectivity index (χ3n) is 4.84. The molecule has 0 spiro atoms. The van der Waals surface area contributed by atoms with Crippen molar-refractivity contribution in [3.05, 3.63) is 0 Å². The van der Waals surface area contributed by atoms with Crippen molar-refractivity contribution in [3.63, 3.8) is 0 Å². The summed E-state index contributed by atoms with van der Waals surface area (Å²) in [5.41, 5.74) is 6.18. The number of hydrogen-bond acceptors (Lipinski definition) is 4. The van der Waals surface area contributed by atoms with Crippen LogP contribution in [-0.2, 0) is 14.8 Å². The molecule has 5 nitrogen and oxygen atoms in total. The molecule has 0 aromatic rings. The number of ether oxygens (including phenoxy) is 1. The van der Waals surface area contributed by atoms with Gasteiger partial charge in [0, 0.05) is 25.7 Å². The molecule has 0 radical (unpaired) electrons. The molecule has 1 aliphatic heterocycles. The Balaban J connectivity index is 2.70. The summed E-state index contributed by atoms with van der Waals surface area (Å²) in [5, 5.41) is 0. The van der Waals surface area contributed by atoms with Gasteiger partial charge in [-0.05, 0) is 44.9 Å². The van der Waals surface area contributed by atoms with Crippen LogP contribution in [0.15, 0.2) is 0 Å². The van der Waals surface area contributed by atoms with Crippen molar-refractivity contribution in [2.24, 2.45) is 11.7 Å². The standard InChI is InChI=1S/C15H32N2O3S/c1-5-15(6-2,20-7-3)14(16)11-13-9-8-10-17(12-13)21(4,18)19/h13-14H,5-12,16H2,1-4H3. The van der Waals surface area contributed by atoms with Gasteiger partial charge in [0.15, 0.2) is 0 Å². The molecule has 2 atom stereocenters. The first kappa shape index (κ1) is 18.9. The summed E-state index contributed by atoms with van der Waals surface area (Å²) in [6.07, 6.45) is 5.87. The molecule has 0 bridgehead atoms. The highest BCUT2D eigenvalue weighted by Gasteiger charge is 2.36. The Morgan fingerprint density at radius 2 is 1.95 bits per heavy atom. The van der Waals surface area contributed by atoms with Gasteiger partial charge in [-0.1, -0.05) is 13.8 Å². The van der Waals surface area contributed by atoms with Crippen molar-refractivity contribution >= 4 is 10.0 Å². The summed E-state index contributed by atoms with van der Waals surface area (Å²) >= 11 is 0. The molecule has 0 saturated carbocycles. The van der Waals surface area contributed by atoms with E-state index in [4.69, 9.17) is 10.5 Å². The Hall–Kier alpha value is -0.170. The second-order valence-electron chi connectivity index (χ2n) is 6.18. The van der Waals surface area contributed by atoms with Gasteiger partial charge in [-0.3, -0.25) is 0 Å². The molecule has 1 saturated heterocycles. The minimum absolute atomic E-state index is 0.0445. The van der Waals surface area contributed by atoms with Crippen molar-refractivity contribution < 1.29 is 13.2 Å². The molecule has 0 aliphatic carbocycles. The van der Waals surface area contributed by atoms with Crippen LogP contribution in [0.2, 0.25) is 0 Å². The Bertz CT molecular complexity index is 407. The SMILES string of the molecule is CCOC(CC)(CC)C(N)CC1CCCN(S(C)(=O)=O)C1. The maximum atomic E-state index is 11.7. The number of sulfonamides is 1. The highest BCUT2D eigenvalue weighted by molar-refractivity contribution is 7.88. The summed E-state index contributed by atoms with van der Waals surface area (Å²) in [5.74, 6) is 0.335. The van der Waals surface area contributed by atoms with Gasteiger partial charge in [-0.2, -0.15) is 0 Å². The normalized spacial score (nSPS) is 23.2. The number of nitrogens with two attached hydrogens (primary N) is 1. The van der Waals surface area contributed by atoms with Crippen LogP contribution in [0.25, 0.3) is 0 Å². The predicted molar refractivity (Wildman–Crippen MR) is 86.7 cm³/mol. The zero-order valence-corrected chi connectivity index (χ0v) is 14.8. The smallest absolute Gasteiger partial charge is 0.211 e. The van der Waals surface area contributed by atoms with E-state index >= 15 is 0 Å². The minimum atomic E-state index is -3.09. The first-order valence-electron chi connectivity index (χ1n) is 8.13. The average Bonchev–Trinajstić information content (AvgIpc) is 2.44. The van der Waals surface area contributed by atoms with E-state index in [1.807, 2.05) is 6.92 Å². The van der Waals surface area contributed by atoms with Crippen LogP contribution in [0, 0.1) is 5.92 Å². The molecule has 2 N–H and O–H groups in total. The minimum Gasteiger partial charge on any atom is -0.374 e. The van der Waals surface area contributed by atoms with Gasteiger partial charge >= 0.3 is 0 Å². The highest BCUT2D eigenvalue weighted by Crippen LogP contribution is 2.30. The third-order valence-corrected chi connectivity index (χ3v) is 6.11. The lowest BCUT2D eigenvalue weighted by Crippen LogP contribution is -2.51. The second-order valence-corrected chi connectivity index (χ2v) is 8.16. The van der Waals surface area contributed by atoms with Crippen LogP contribution < -0.4 is 5.73 Å². The number of hydrogen-bond donors (Lipinski definition) is 1. The van der Waals surface area contributed by atoms with E-state index in [9.17, 15) is 8.42 Å². The summed E-state index contributed by atoms with van der Waals surface area (Å²) in [6, 6.07) is -0.0445. The summed E-state index contributed by atoms with van der Waals surface area (Å²) in [6.45, 7) is 8.13. The molecular weight excluding hydrogens is 288 g/mol. The monoisotopic (exact) mass is 320 g/mol. The molecule has 0 aromatic carbocycles. The third kappa shape index (κ3) is 4.91. The molecule has 2 unspecified atom stereocenters. The highest BCUT2D eigenvalue weighted by atomic mass is 32.2. The van der Waals surface area contributed by atoms with Gasteiger partial charge in [-0.25, -0.2) is 12.7 Å². The number of nitrogens with zero attached hydrogens (tertiary/aromatic N) is 1. The van der Waals surface area contributed by atoms with Crippen LogP contribution in [0.1, 0.15) is 52.9 Å². The maximum Gasteiger partial charge on any atom is 0.211 e. The van der Waals surface area contributed by atoms with Gasteiger partial charge in [0.1, 0.15) is 0 Å². The maximum absolute atomic E-state index is 11.7. The van der Waals surface area contributed by atoms with Crippen LogP contribution in [0.3, 0.4) is 0 Å². The molecule has 6 heteroatoms. The van der Waals surface area contributed by atoms with E-state index in [1.165, 1.54) is 6.26 Å².